The fourth-order valence-corrected chi connectivity index (χ4v) is 3.35. The molecule has 2 aromatic heterocycles. The van der Waals surface area contributed by atoms with Crippen molar-refractivity contribution in [1.29, 1.82) is 0 Å². The molecule has 6 nitrogen and oxygen atoms in total. The number of hydrogen-bond donors (Lipinski definition) is 2. The lowest BCUT2D eigenvalue weighted by Gasteiger charge is -2.15. The maximum absolute atomic E-state index is 14.3. The Balaban J connectivity index is 1.79. The Morgan fingerprint density at radius 3 is 2.93 bits per heavy atom. The van der Waals surface area contributed by atoms with E-state index in [0.29, 0.717) is 23.9 Å². The highest BCUT2D eigenvalue weighted by Gasteiger charge is 2.31. The molecule has 2 N–H and O–H groups in total. The van der Waals surface area contributed by atoms with Gasteiger partial charge in [-0.15, -0.1) is 0 Å². The molecule has 0 aliphatic carbocycles. The number of pyridine rings is 1. The number of carbonyl (C=O) groups excluding carboxylic acids is 1. The second kappa shape index (κ2) is 6.90. The van der Waals surface area contributed by atoms with E-state index in [2.05, 4.69) is 26.2 Å². The average Bonchev–Trinajstić information content (AvgIpc) is 3.23. The fraction of sp³-hybridized carbons (Fsp3) is 0.222. The highest BCUT2D eigenvalue weighted by molar-refractivity contribution is 9.10. The van der Waals surface area contributed by atoms with Crippen LogP contribution in [0.3, 0.4) is 0 Å². The van der Waals surface area contributed by atoms with Crippen LogP contribution in [0.2, 0.25) is 0 Å². The van der Waals surface area contributed by atoms with Gasteiger partial charge in [0.2, 0.25) is 5.76 Å². The van der Waals surface area contributed by atoms with Gasteiger partial charge in [0.15, 0.2) is 0 Å². The van der Waals surface area contributed by atoms with E-state index in [1.165, 1.54) is 17.3 Å². The maximum Gasteiger partial charge on any atom is 0.291 e. The molecule has 0 saturated carbocycles. The summed E-state index contributed by atoms with van der Waals surface area (Å²) < 4.78 is 33.8. The third kappa shape index (κ3) is 3.28. The smallest absolute Gasteiger partial charge is 0.291 e. The summed E-state index contributed by atoms with van der Waals surface area (Å²) in [6.07, 6.45) is 2.87. The van der Waals surface area contributed by atoms with Gasteiger partial charge in [-0.05, 0) is 34.5 Å². The Kier molecular flexibility index (Phi) is 4.56. The monoisotopic (exact) mass is 437 g/mol. The third-order valence-corrected chi connectivity index (χ3v) is 5.01. The van der Waals surface area contributed by atoms with E-state index in [0.717, 1.165) is 12.1 Å². The molecule has 140 valence electrons. The van der Waals surface area contributed by atoms with Crippen LogP contribution in [0.15, 0.2) is 39.5 Å². The van der Waals surface area contributed by atoms with Crippen LogP contribution in [0.1, 0.15) is 17.0 Å². The molecule has 0 bridgehead atoms. The van der Waals surface area contributed by atoms with Gasteiger partial charge in [-0.2, -0.15) is 0 Å². The van der Waals surface area contributed by atoms with Gasteiger partial charge in [0.1, 0.15) is 22.9 Å². The number of likely N-dealkylation sites (tertiary alicyclic amines) is 1. The standard InChI is InChI=1S/C18H14BrF2N3O3/c19-11-5-13(21)14(6-12(11)20)23-16-10-7-22-3-1-15(10)27-17(16)18(26)24-4-2-9(25)8-24/h1,3,5-7,9,23,25H,2,4,8H2. The zero-order valence-electron chi connectivity index (χ0n) is 13.9. The Bertz CT molecular complexity index is 1040. The summed E-state index contributed by atoms with van der Waals surface area (Å²) in [6, 6.07) is 3.56. The number of nitrogens with one attached hydrogen (secondary N) is 1. The van der Waals surface area contributed by atoms with E-state index in [4.69, 9.17) is 4.42 Å². The average molecular weight is 438 g/mol. The van der Waals surface area contributed by atoms with E-state index in [1.54, 1.807) is 6.07 Å². The molecular formula is C18H14BrF2N3O3. The largest absolute Gasteiger partial charge is 0.448 e. The first kappa shape index (κ1) is 17.9. The van der Waals surface area contributed by atoms with Crippen LogP contribution in [0, 0.1) is 11.6 Å². The first-order chi connectivity index (χ1) is 12.9. The SMILES string of the molecule is O=C(c1oc2ccncc2c1Nc1cc(F)c(Br)cc1F)N1CCC(O)C1. The van der Waals surface area contributed by atoms with Gasteiger partial charge in [-0.1, -0.05) is 0 Å². The Morgan fingerprint density at radius 2 is 2.19 bits per heavy atom. The van der Waals surface area contributed by atoms with E-state index in [9.17, 15) is 18.7 Å². The van der Waals surface area contributed by atoms with Gasteiger partial charge in [0, 0.05) is 31.5 Å². The molecule has 9 heteroatoms. The molecule has 0 spiro atoms. The number of carbonyl (C=O) groups is 1. The van der Waals surface area contributed by atoms with Gasteiger partial charge in [0.25, 0.3) is 5.91 Å². The third-order valence-electron chi connectivity index (χ3n) is 4.40. The number of hydrogen-bond acceptors (Lipinski definition) is 5. The summed E-state index contributed by atoms with van der Waals surface area (Å²) in [5, 5.41) is 12.9. The van der Waals surface area contributed by atoms with Crippen LogP contribution < -0.4 is 5.32 Å². The van der Waals surface area contributed by atoms with Crippen LogP contribution in [0.25, 0.3) is 11.0 Å². The van der Waals surface area contributed by atoms with E-state index in [1.807, 2.05) is 0 Å². The van der Waals surface area contributed by atoms with Crippen molar-refractivity contribution in [2.45, 2.75) is 12.5 Å². The summed E-state index contributed by atoms with van der Waals surface area (Å²) in [7, 11) is 0. The molecule has 1 aliphatic rings. The number of β-amino-alcohol motifs (C(OH)–C–C–N with tert-alkyl or cyclic N) is 1. The van der Waals surface area contributed by atoms with Crippen molar-refractivity contribution in [2.75, 3.05) is 18.4 Å². The summed E-state index contributed by atoms with van der Waals surface area (Å²) >= 11 is 2.93. The van der Waals surface area contributed by atoms with Crippen LogP contribution in [0.5, 0.6) is 0 Å². The topological polar surface area (TPSA) is 78.6 Å². The van der Waals surface area contributed by atoms with Crippen molar-refractivity contribution < 1.29 is 23.1 Å². The first-order valence-electron chi connectivity index (χ1n) is 8.19. The van der Waals surface area contributed by atoms with Crippen molar-refractivity contribution in [2.24, 2.45) is 0 Å². The molecule has 0 radical (unpaired) electrons. The first-order valence-corrected chi connectivity index (χ1v) is 8.98. The molecule has 4 rings (SSSR count). The number of furan rings is 1. The minimum atomic E-state index is -0.698. The molecule has 1 fully saturated rings. The Labute approximate surface area is 160 Å². The Hall–Kier alpha value is -2.52. The number of nitrogens with zero attached hydrogens (tertiary/aromatic N) is 2. The summed E-state index contributed by atoms with van der Waals surface area (Å²) in [6.45, 7) is 0.574. The van der Waals surface area contributed by atoms with Crippen LogP contribution >= 0.6 is 15.9 Å². The zero-order valence-corrected chi connectivity index (χ0v) is 15.5. The molecule has 1 saturated heterocycles. The van der Waals surface area contributed by atoms with Gasteiger partial charge >= 0.3 is 0 Å². The van der Waals surface area contributed by atoms with Crippen molar-refractivity contribution in [3.8, 4) is 0 Å². The number of aromatic nitrogens is 1. The molecule has 1 aromatic carbocycles. The van der Waals surface area contributed by atoms with Gasteiger partial charge in [0.05, 0.1) is 21.7 Å². The second-order valence-corrected chi connectivity index (χ2v) is 7.10. The molecule has 1 atom stereocenters. The number of aliphatic hydroxyl groups excluding tert-OH is 1. The lowest BCUT2D eigenvalue weighted by Crippen LogP contribution is -2.29. The molecule has 3 heterocycles. The highest BCUT2D eigenvalue weighted by atomic mass is 79.9. The lowest BCUT2D eigenvalue weighted by atomic mass is 10.2. The van der Waals surface area contributed by atoms with Crippen LogP contribution in [-0.2, 0) is 0 Å². The molecular weight excluding hydrogens is 424 g/mol. The van der Waals surface area contributed by atoms with Gasteiger partial charge in [-0.25, -0.2) is 8.78 Å². The van der Waals surface area contributed by atoms with E-state index in [-0.39, 0.29) is 28.2 Å². The minimum Gasteiger partial charge on any atom is -0.448 e. The summed E-state index contributed by atoms with van der Waals surface area (Å²) in [5.74, 6) is -1.84. The summed E-state index contributed by atoms with van der Waals surface area (Å²) in [5.41, 5.74) is 0.441. The van der Waals surface area contributed by atoms with Gasteiger partial charge < -0.3 is 19.7 Å². The van der Waals surface area contributed by atoms with Crippen LogP contribution in [-0.4, -0.2) is 40.1 Å². The number of halogens is 3. The zero-order chi connectivity index (χ0) is 19.1. The second-order valence-electron chi connectivity index (χ2n) is 6.24. The lowest BCUT2D eigenvalue weighted by molar-refractivity contribution is 0.0737. The fourth-order valence-electron chi connectivity index (χ4n) is 3.04. The number of fused-ring (bicyclic) bond motifs is 1. The quantitative estimate of drug-likeness (QED) is 0.608. The number of rotatable bonds is 3. The number of aliphatic hydroxyl groups is 1. The van der Waals surface area contributed by atoms with Crippen molar-refractivity contribution in [1.82, 2.24) is 9.88 Å². The normalized spacial score (nSPS) is 16.9. The Morgan fingerprint density at radius 1 is 1.37 bits per heavy atom. The minimum absolute atomic E-state index is 0.00776. The molecule has 1 unspecified atom stereocenters. The highest BCUT2D eigenvalue weighted by Crippen LogP contribution is 2.35. The van der Waals surface area contributed by atoms with Gasteiger partial charge in [-0.3, -0.25) is 9.78 Å². The predicted octanol–water partition coefficient (Wildman–Crippen LogP) is 3.82. The van der Waals surface area contributed by atoms with Crippen molar-refractivity contribution in [3.63, 3.8) is 0 Å². The molecule has 1 aliphatic heterocycles. The van der Waals surface area contributed by atoms with E-state index >= 15 is 0 Å². The van der Waals surface area contributed by atoms with Crippen molar-refractivity contribution >= 4 is 44.2 Å². The molecule has 3 aromatic rings. The van der Waals surface area contributed by atoms with Crippen LogP contribution in [0.4, 0.5) is 20.2 Å². The number of benzene rings is 1. The maximum atomic E-state index is 14.3. The number of anilines is 2. The van der Waals surface area contributed by atoms with E-state index < -0.39 is 23.6 Å². The number of amides is 1. The molecule has 1 amide bonds. The summed E-state index contributed by atoms with van der Waals surface area (Å²) in [4.78, 5) is 18.3. The van der Waals surface area contributed by atoms with Crippen molar-refractivity contribution in [3.05, 3.63) is 52.5 Å². The predicted molar refractivity (Wildman–Crippen MR) is 97.9 cm³/mol. The molecule has 27 heavy (non-hydrogen) atoms.